The fourth-order valence-corrected chi connectivity index (χ4v) is 2.73. The molecule has 1 aromatic heterocycles. The predicted molar refractivity (Wildman–Crippen MR) is 70.2 cm³/mol. The van der Waals surface area contributed by atoms with Gasteiger partial charge in [0, 0.05) is 12.5 Å². The molecule has 0 amide bonds. The average molecular weight is 229 g/mol. The molecule has 1 unspecified atom stereocenters. The molecule has 0 aliphatic carbocycles. The summed E-state index contributed by atoms with van der Waals surface area (Å²) in [6, 6.07) is 8.29. The average Bonchev–Trinajstić information content (AvgIpc) is 2.82. The standard InChI is InChI=1S/C14H19N3/c1-2-17-9-5-6-11(10-17)14-15-12-7-3-4-8-13(12)16-14/h3-4,7-8,11H,2,5-6,9-10H2,1H3,(H,15,16). The van der Waals surface area contributed by atoms with Gasteiger partial charge in [-0.1, -0.05) is 19.1 Å². The molecule has 0 saturated carbocycles. The maximum Gasteiger partial charge on any atom is 0.111 e. The van der Waals surface area contributed by atoms with Crippen LogP contribution in [0.1, 0.15) is 31.5 Å². The number of piperidine rings is 1. The van der Waals surface area contributed by atoms with Gasteiger partial charge in [0.1, 0.15) is 5.82 Å². The smallest absolute Gasteiger partial charge is 0.111 e. The lowest BCUT2D eigenvalue weighted by Crippen LogP contribution is -2.34. The first-order valence-electron chi connectivity index (χ1n) is 6.54. The van der Waals surface area contributed by atoms with E-state index in [1.807, 2.05) is 6.07 Å². The maximum absolute atomic E-state index is 4.72. The summed E-state index contributed by atoms with van der Waals surface area (Å²) in [7, 11) is 0. The zero-order valence-electron chi connectivity index (χ0n) is 10.3. The Morgan fingerprint density at radius 3 is 3.12 bits per heavy atom. The van der Waals surface area contributed by atoms with Crippen molar-refractivity contribution in [1.82, 2.24) is 14.9 Å². The third kappa shape index (κ3) is 2.07. The number of hydrogen-bond donors (Lipinski definition) is 1. The van der Waals surface area contributed by atoms with Crippen LogP contribution in [0.3, 0.4) is 0 Å². The Labute approximate surface area is 102 Å². The van der Waals surface area contributed by atoms with Crippen molar-refractivity contribution in [1.29, 1.82) is 0 Å². The summed E-state index contributed by atoms with van der Waals surface area (Å²) >= 11 is 0. The Morgan fingerprint density at radius 2 is 2.29 bits per heavy atom. The molecule has 3 rings (SSSR count). The van der Waals surface area contributed by atoms with Gasteiger partial charge in [0.2, 0.25) is 0 Å². The zero-order valence-corrected chi connectivity index (χ0v) is 10.3. The lowest BCUT2D eigenvalue weighted by Gasteiger charge is -2.30. The fourth-order valence-electron chi connectivity index (χ4n) is 2.73. The monoisotopic (exact) mass is 229 g/mol. The Balaban J connectivity index is 1.87. The van der Waals surface area contributed by atoms with Crippen molar-refractivity contribution in [2.75, 3.05) is 19.6 Å². The largest absolute Gasteiger partial charge is 0.342 e. The van der Waals surface area contributed by atoms with Crippen molar-refractivity contribution in [3.63, 3.8) is 0 Å². The van der Waals surface area contributed by atoms with E-state index in [9.17, 15) is 0 Å². The van der Waals surface area contributed by atoms with Crippen molar-refractivity contribution >= 4 is 11.0 Å². The first-order chi connectivity index (χ1) is 8.36. The summed E-state index contributed by atoms with van der Waals surface area (Å²) in [6.45, 7) is 5.78. The Hall–Kier alpha value is -1.35. The van der Waals surface area contributed by atoms with Crippen LogP contribution in [-0.2, 0) is 0 Å². The summed E-state index contributed by atoms with van der Waals surface area (Å²) in [5.74, 6) is 1.75. The molecule has 1 atom stereocenters. The van der Waals surface area contributed by atoms with Crippen LogP contribution in [-0.4, -0.2) is 34.5 Å². The topological polar surface area (TPSA) is 31.9 Å². The summed E-state index contributed by atoms with van der Waals surface area (Å²) in [5, 5.41) is 0. The molecule has 2 aromatic rings. The van der Waals surface area contributed by atoms with Gasteiger partial charge in [0.15, 0.2) is 0 Å². The Bertz CT molecular complexity index is 470. The van der Waals surface area contributed by atoms with E-state index in [4.69, 9.17) is 4.98 Å². The molecule has 1 aromatic carbocycles. The van der Waals surface area contributed by atoms with Crippen LogP contribution < -0.4 is 0 Å². The van der Waals surface area contributed by atoms with E-state index < -0.39 is 0 Å². The van der Waals surface area contributed by atoms with Gasteiger partial charge in [-0.15, -0.1) is 0 Å². The van der Waals surface area contributed by atoms with Gasteiger partial charge >= 0.3 is 0 Å². The second-order valence-electron chi connectivity index (χ2n) is 4.87. The summed E-state index contributed by atoms with van der Waals surface area (Å²) in [5.41, 5.74) is 2.26. The van der Waals surface area contributed by atoms with Gasteiger partial charge in [0.25, 0.3) is 0 Å². The Kier molecular flexibility index (Phi) is 2.85. The van der Waals surface area contributed by atoms with Crippen LogP contribution in [0.2, 0.25) is 0 Å². The summed E-state index contributed by atoms with van der Waals surface area (Å²) in [4.78, 5) is 10.7. The molecule has 0 bridgehead atoms. The highest BCUT2D eigenvalue weighted by molar-refractivity contribution is 5.74. The number of nitrogens with zero attached hydrogens (tertiary/aromatic N) is 2. The minimum Gasteiger partial charge on any atom is -0.342 e. The van der Waals surface area contributed by atoms with Crippen LogP contribution in [0.4, 0.5) is 0 Å². The van der Waals surface area contributed by atoms with E-state index in [1.165, 1.54) is 25.2 Å². The molecule has 1 aliphatic heterocycles. The molecule has 0 radical (unpaired) electrons. The lowest BCUT2D eigenvalue weighted by atomic mass is 9.97. The van der Waals surface area contributed by atoms with Gasteiger partial charge in [-0.2, -0.15) is 0 Å². The van der Waals surface area contributed by atoms with Gasteiger partial charge in [-0.3, -0.25) is 0 Å². The van der Waals surface area contributed by atoms with Crippen molar-refractivity contribution in [3.8, 4) is 0 Å². The minimum atomic E-state index is 0.580. The number of aromatic amines is 1. The number of hydrogen-bond acceptors (Lipinski definition) is 2. The molecular formula is C14H19N3. The molecule has 2 heterocycles. The van der Waals surface area contributed by atoms with Gasteiger partial charge in [-0.25, -0.2) is 4.98 Å². The van der Waals surface area contributed by atoms with E-state index >= 15 is 0 Å². The van der Waals surface area contributed by atoms with Crippen LogP contribution in [0.5, 0.6) is 0 Å². The number of imidazole rings is 1. The predicted octanol–water partition coefficient (Wildman–Crippen LogP) is 2.76. The van der Waals surface area contributed by atoms with Gasteiger partial charge in [-0.05, 0) is 38.1 Å². The molecule has 3 heteroatoms. The minimum absolute atomic E-state index is 0.580. The second-order valence-corrected chi connectivity index (χ2v) is 4.87. The zero-order chi connectivity index (χ0) is 11.7. The molecule has 3 nitrogen and oxygen atoms in total. The number of likely N-dealkylation sites (N-methyl/N-ethyl adjacent to an activating group) is 1. The number of rotatable bonds is 2. The molecule has 1 aliphatic rings. The number of H-pyrrole nitrogens is 1. The molecule has 1 saturated heterocycles. The SMILES string of the molecule is CCN1CCCC(c2nc3ccccc3[nH]2)C1. The van der Waals surface area contributed by atoms with Crippen LogP contribution in [0.15, 0.2) is 24.3 Å². The highest BCUT2D eigenvalue weighted by atomic mass is 15.1. The third-order valence-electron chi connectivity index (χ3n) is 3.75. The quantitative estimate of drug-likeness (QED) is 0.858. The number of para-hydroxylation sites is 2. The number of nitrogens with one attached hydrogen (secondary N) is 1. The fraction of sp³-hybridized carbons (Fsp3) is 0.500. The van der Waals surface area contributed by atoms with E-state index in [0.717, 1.165) is 24.1 Å². The second kappa shape index (κ2) is 4.49. The van der Waals surface area contributed by atoms with E-state index in [-0.39, 0.29) is 0 Å². The van der Waals surface area contributed by atoms with Crippen molar-refractivity contribution < 1.29 is 0 Å². The van der Waals surface area contributed by atoms with E-state index in [0.29, 0.717) is 5.92 Å². The molecule has 1 fully saturated rings. The van der Waals surface area contributed by atoms with Crippen molar-refractivity contribution in [2.24, 2.45) is 0 Å². The van der Waals surface area contributed by atoms with E-state index in [2.05, 4.69) is 35.0 Å². The highest BCUT2D eigenvalue weighted by Gasteiger charge is 2.22. The van der Waals surface area contributed by atoms with Crippen LogP contribution in [0.25, 0.3) is 11.0 Å². The molecule has 0 spiro atoms. The van der Waals surface area contributed by atoms with Gasteiger partial charge in [0.05, 0.1) is 11.0 Å². The molecular weight excluding hydrogens is 210 g/mol. The molecule has 17 heavy (non-hydrogen) atoms. The summed E-state index contributed by atoms with van der Waals surface area (Å²) in [6.07, 6.45) is 2.55. The first kappa shape index (κ1) is 10.8. The first-order valence-corrected chi connectivity index (χ1v) is 6.54. The van der Waals surface area contributed by atoms with E-state index in [1.54, 1.807) is 0 Å². The molecule has 90 valence electrons. The number of likely N-dealkylation sites (tertiary alicyclic amines) is 1. The maximum atomic E-state index is 4.72. The van der Waals surface area contributed by atoms with Crippen LogP contribution in [0, 0.1) is 0 Å². The highest BCUT2D eigenvalue weighted by Crippen LogP contribution is 2.26. The van der Waals surface area contributed by atoms with Crippen molar-refractivity contribution in [3.05, 3.63) is 30.1 Å². The normalized spacial score (nSPS) is 22.1. The third-order valence-corrected chi connectivity index (χ3v) is 3.75. The van der Waals surface area contributed by atoms with Gasteiger partial charge < -0.3 is 9.88 Å². The summed E-state index contributed by atoms with van der Waals surface area (Å²) < 4.78 is 0. The number of aromatic nitrogens is 2. The van der Waals surface area contributed by atoms with Crippen LogP contribution >= 0.6 is 0 Å². The Morgan fingerprint density at radius 1 is 1.41 bits per heavy atom. The molecule has 1 N–H and O–H groups in total. The number of benzene rings is 1. The number of fused-ring (bicyclic) bond motifs is 1. The van der Waals surface area contributed by atoms with Crippen molar-refractivity contribution in [2.45, 2.75) is 25.7 Å². The lowest BCUT2D eigenvalue weighted by molar-refractivity contribution is 0.214.